The molecule has 0 radical (unpaired) electrons. The van der Waals surface area contributed by atoms with E-state index in [2.05, 4.69) is 9.97 Å². The minimum atomic E-state index is -2.75. The van der Waals surface area contributed by atoms with Gasteiger partial charge in [-0.05, 0) is 43.0 Å². The zero-order chi connectivity index (χ0) is 28.5. The average molecular weight is 409 g/mol. The highest BCUT2D eigenvalue weighted by Gasteiger charge is 2.20. The monoisotopic (exact) mass is 408 g/mol. The Bertz CT molecular complexity index is 1470. The summed E-state index contributed by atoms with van der Waals surface area (Å²) >= 11 is 6.91. The molecule has 1 aromatic carbocycles. The van der Waals surface area contributed by atoms with E-state index in [0.717, 1.165) is 11.3 Å². The van der Waals surface area contributed by atoms with Crippen molar-refractivity contribution in [3.05, 3.63) is 51.5 Å². The molecule has 1 fully saturated rings. The van der Waals surface area contributed by atoms with Crippen molar-refractivity contribution < 1.29 is 15.1 Å². The molecule has 1 atom stereocenters. The SMILES string of the molecule is [2H]c1nc(N([2H])C2([2H])CC([2H])([2H])N(C([2H])c3c([2H])cc(C)c(C#N)c3[2H])C([2H])([2H])C2)c2c([2H])c(Cl)sc2n1. The molecule has 1 saturated heterocycles. The number of rotatable bonds is 4. The van der Waals surface area contributed by atoms with Crippen LogP contribution in [-0.2, 0) is 6.52 Å². The zero-order valence-corrected chi connectivity index (χ0v) is 15.7. The summed E-state index contributed by atoms with van der Waals surface area (Å²) in [7, 11) is 0. The minimum absolute atomic E-state index is 0.0124. The maximum atomic E-state index is 9.42. The van der Waals surface area contributed by atoms with Crippen LogP contribution < -0.4 is 5.31 Å². The first kappa shape index (κ1) is 9.33. The summed E-state index contributed by atoms with van der Waals surface area (Å²) in [6.07, 6.45) is -2.19. The van der Waals surface area contributed by atoms with Crippen LogP contribution in [0.25, 0.3) is 10.2 Å². The predicted molar refractivity (Wildman–Crippen MR) is 110 cm³/mol. The van der Waals surface area contributed by atoms with Gasteiger partial charge in [-0.15, -0.1) is 11.3 Å². The van der Waals surface area contributed by atoms with Crippen LogP contribution in [0.5, 0.6) is 0 Å². The first-order valence-corrected chi connectivity index (χ1v) is 9.09. The van der Waals surface area contributed by atoms with E-state index in [4.69, 9.17) is 26.7 Å². The normalized spacial score (nSPS) is 27.7. The van der Waals surface area contributed by atoms with Crippen molar-refractivity contribution in [3.63, 3.8) is 0 Å². The number of aryl methyl sites for hydroxylation is 1. The van der Waals surface area contributed by atoms with E-state index in [0.29, 0.717) is 15.8 Å². The van der Waals surface area contributed by atoms with Crippen LogP contribution in [-0.4, -0.2) is 33.9 Å². The van der Waals surface area contributed by atoms with Crippen LogP contribution >= 0.6 is 22.9 Å². The molecule has 3 aromatic rings. The molecule has 0 saturated carbocycles. The molecule has 1 aliphatic rings. The van der Waals surface area contributed by atoms with Gasteiger partial charge >= 0.3 is 0 Å². The van der Waals surface area contributed by atoms with Crippen molar-refractivity contribution in [1.29, 1.82) is 5.26 Å². The Morgan fingerprint density at radius 3 is 3.15 bits per heavy atom. The predicted octanol–water partition coefficient (Wildman–Crippen LogP) is 4.60. The van der Waals surface area contributed by atoms with E-state index in [1.165, 1.54) is 13.0 Å². The lowest BCUT2D eigenvalue weighted by Gasteiger charge is -2.32. The van der Waals surface area contributed by atoms with Crippen molar-refractivity contribution in [2.45, 2.75) is 32.3 Å². The Morgan fingerprint density at radius 2 is 2.37 bits per heavy atom. The quantitative estimate of drug-likeness (QED) is 0.683. The van der Waals surface area contributed by atoms with Crippen molar-refractivity contribution >= 4 is 39.0 Å². The number of benzene rings is 1. The van der Waals surface area contributed by atoms with Gasteiger partial charge in [-0.25, -0.2) is 9.97 Å². The Hall–Kier alpha value is -2.20. The van der Waals surface area contributed by atoms with E-state index >= 15 is 0 Å². The minimum Gasteiger partial charge on any atom is -0.367 e. The van der Waals surface area contributed by atoms with Crippen molar-refractivity contribution in [2.24, 2.45) is 0 Å². The number of thiophene rings is 1. The van der Waals surface area contributed by atoms with Crippen molar-refractivity contribution in [1.82, 2.24) is 14.9 Å². The van der Waals surface area contributed by atoms with Crippen LogP contribution in [0.2, 0.25) is 5.75 Å². The number of halogens is 1. The first-order chi connectivity index (χ1) is 17.4. The standard InChI is InChI=1S/C20H20ClN5S/c1-13-2-3-14(8-15(13)10-22)11-26-6-4-16(5-7-26)25-19-17-9-18(21)27-20(17)24-12-23-19/h2-3,8-9,12,16H,4-7,11H2,1H3,(H,23,24,25)/i3D,6D2,7D2,8D,9D,11D,12D,16D/hD. The molecule has 2 aromatic heterocycles. The Balaban J connectivity index is 1.80. The molecule has 138 valence electrons. The first-order valence-electron chi connectivity index (χ1n) is 13.4. The summed E-state index contributed by atoms with van der Waals surface area (Å²) < 4.78 is 93.6. The van der Waals surface area contributed by atoms with E-state index < -0.39 is 50.7 Å². The molecule has 3 heterocycles. The fraction of sp³-hybridized carbons (Fsp3) is 0.350. The summed E-state index contributed by atoms with van der Waals surface area (Å²) in [6, 6.07) is -0.279. The van der Waals surface area contributed by atoms with E-state index in [9.17, 15) is 5.26 Å². The van der Waals surface area contributed by atoms with Gasteiger partial charge in [0.25, 0.3) is 0 Å². The number of likely N-dealkylation sites (tertiary alicyclic amines) is 1. The Labute approximate surface area is 183 Å². The van der Waals surface area contributed by atoms with Gasteiger partial charge in [-0.1, -0.05) is 23.7 Å². The van der Waals surface area contributed by atoms with Crippen LogP contribution in [0.3, 0.4) is 0 Å². The zero-order valence-electron chi connectivity index (χ0n) is 25.1. The van der Waals surface area contributed by atoms with Gasteiger partial charge in [0.15, 0.2) is 1.41 Å². The van der Waals surface area contributed by atoms with Gasteiger partial charge < -0.3 is 5.31 Å². The van der Waals surface area contributed by atoms with Gasteiger partial charge in [-0.3, -0.25) is 4.90 Å². The lowest BCUT2D eigenvalue weighted by atomic mass is 10.0. The number of fused-ring (bicyclic) bond motifs is 1. The summed E-state index contributed by atoms with van der Waals surface area (Å²) in [4.78, 5) is 8.38. The highest BCUT2D eigenvalue weighted by Crippen LogP contribution is 2.32. The topological polar surface area (TPSA) is 64.8 Å². The van der Waals surface area contributed by atoms with E-state index in [-0.39, 0.29) is 43.6 Å². The maximum absolute atomic E-state index is 9.42. The maximum Gasteiger partial charge on any atom is 0.162 e. The largest absolute Gasteiger partial charge is 0.367 e. The lowest BCUT2D eigenvalue weighted by molar-refractivity contribution is 0.211. The van der Waals surface area contributed by atoms with E-state index in [1.54, 1.807) is 0 Å². The molecule has 27 heavy (non-hydrogen) atoms. The molecule has 5 nitrogen and oxygen atoms in total. The highest BCUT2D eigenvalue weighted by molar-refractivity contribution is 7.22. The van der Waals surface area contributed by atoms with Crippen molar-refractivity contribution in [2.75, 3.05) is 18.3 Å². The van der Waals surface area contributed by atoms with Crippen LogP contribution in [0.1, 0.15) is 43.2 Å². The van der Waals surface area contributed by atoms with Crippen LogP contribution in [0.4, 0.5) is 5.82 Å². The second-order valence-electron chi connectivity index (χ2n) is 5.67. The van der Waals surface area contributed by atoms with Crippen molar-refractivity contribution in [3.8, 4) is 6.07 Å². The third-order valence-electron chi connectivity index (χ3n) is 3.79. The number of nitriles is 1. The summed E-state index contributed by atoms with van der Waals surface area (Å²) in [5, 5.41) is 9.84. The molecule has 1 unspecified atom stereocenters. The second-order valence-corrected chi connectivity index (χ2v) is 7.27. The third kappa shape index (κ3) is 4.06. The lowest BCUT2D eigenvalue weighted by Crippen LogP contribution is -2.38. The number of anilines is 1. The Morgan fingerprint density at radius 1 is 1.56 bits per heavy atom. The molecule has 4 rings (SSSR count). The fourth-order valence-electron chi connectivity index (χ4n) is 2.43. The van der Waals surface area contributed by atoms with Crippen LogP contribution in [0.15, 0.2) is 30.5 Å². The molecule has 0 spiro atoms. The van der Waals surface area contributed by atoms with Gasteiger partial charge in [0.1, 0.15) is 18.3 Å². The number of piperidine rings is 1. The number of aromatic nitrogens is 2. The second kappa shape index (κ2) is 7.81. The number of nitrogens with one attached hydrogen (secondary N) is 1. The third-order valence-corrected chi connectivity index (χ3v) is 4.89. The number of hydrogen-bond donors (Lipinski definition) is 1. The summed E-state index contributed by atoms with van der Waals surface area (Å²) in [5.74, 6) is -0.371. The molecular weight excluding hydrogens is 378 g/mol. The van der Waals surface area contributed by atoms with Gasteiger partial charge in [0.2, 0.25) is 0 Å². The van der Waals surface area contributed by atoms with Gasteiger partial charge in [-0.2, -0.15) is 5.26 Å². The molecule has 0 amide bonds. The molecule has 7 heteroatoms. The molecule has 1 N–H and O–H groups in total. The number of nitrogens with zero attached hydrogens (tertiary/aromatic N) is 4. The van der Waals surface area contributed by atoms with Gasteiger partial charge in [0, 0.05) is 32.4 Å². The van der Waals surface area contributed by atoms with Gasteiger partial charge in [0.05, 0.1) is 26.8 Å². The van der Waals surface area contributed by atoms with Crippen LogP contribution in [0, 0.1) is 18.3 Å². The molecular formula is C20H20ClN5S. The summed E-state index contributed by atoms with van der Waals surface area (Å²) in [6.45, 7) is -5.91. The smallest absolute Gasteiger partial charge is 0.162 e. The highest BCUT2D eigenvalue weighted by atomic mass is 35.5. The average Bonchev–Trinajstić information content (AvgIpc) is 3.03. The molecule has 0 bridgehead atoms. The number of hydrogen-bond acceptors (Lipinski definition) is 6. The molecule has 0 aliphatic carbocycles. The Kier molecular flexibility index (Phi) is 2.70. The fourth-order valence-corrected chi connectivity index (χ4v) is 3.40. The molecule has 1 aliphatic heterocycles. The van der Waals surface area contributed by atoms with E-state index in [1.807, 2.05) is 6.07 Å². The summed E-state index contributed by atoms with van der Waals surface area (Å²) in [5.41, 5.74) is -0.147.